The fraction of sp³-hybridized carbons (Fsp3) is 0.929. The molecular formula is C14H26N2O2. The van der Waals surface area contributed by atoms with Gasteiger partial charge in [-0.2, -0.15) is 0 Å². The van der Waals surface area contributed by atoms with Crippen LogP contribution in [0.1, 0.15) is 51.4 Å². The lowest BCUT2D eigenvalue weighted by atomic mass is 9.91. The van der Waals surface area contributed by atoms with Crippen molar-refractivity contribution < 1.29 is 9.90 Å². The van der Waals surface area contributed by atoms with Gasteiger partial charge in [0.2, 0.25) is 5.91 Å². The molecule has 4 heteroatoms. The number of aliphatic hydroxyl groups is 1. The van der Waals surface area contributed by atoms with Crippen molar-refractivity contribution in [3.8, 4) is 0 Å². The number of rotatable bonds is 7. The maximum Gasteiger partial charge on any atom is 0.236 e. The van der Waals surface area contributed by atoms with E-state index in [0.29, 0.717) is 31.6 Å². The molecule has 2 aliphatic rings. The molecular weight excluding hydrogens is 228 g/mol. The summed E-state index contributed by atoms with van der Waals surface area (Å²) in [6, 6.07) is 0.990. The molecule has 4 nitrogen and oxygen atoms in total. The monoisotopic (exact) mass is 254 g/mol. The van der Waals surface area contributed by atoms with Gasteiger partial charge in [0.05, 0.1) is 6.54 Å². The lowest BCUT2D eigenvalue weighted by Crippen LogP contribution is -2.49. The molecule has 0 bridgehead atoms. The molecule has 0 unspecified atom stereocenters. The minimum absolute atomic E-state index is 0.173. The summed E-state index contributed by atoms with van der Waals surface area (Å²) in [5.41, 5.74) is 0. The lowest BCUT2D eigenvalue weighted by Gasteiger charge is -2.38. The van der Waals surface area contributed by atoms with Gasteiger partial charge in [0.15, 0.2) is 0 Å². The number of carbonyl (C=O) groups excluding carboxylic acids is 1. The van der Waals surface area contributed by atoms with Crippen LogP contribution in [0.5, 0.6) is 0 Å². The summed E-state index contributed by atoms with van der Waals surface area (Å²) in [4.78, 5) is 14.2. The zero-order valence-electron chi connectivity index (χ0n) is 11.2. The third-order valence-electron chi connectivity index (χ3n) is 4.29. The van der Waals surface area contributed by atoms with Crippen molar-refractivity contribution in [2.45, 2.75) is 63.5 Å². The Labute approximate surface area is 110 Å². The molecule has 2 fully saturated rings. The van der Waals surface area contributed by atoms with Gasteiger partial charge in [-0.25, -0.2) is 0 Å². The van der Waals surface area contributed by atoms with Crippen molar-refractivity contribution in [3.63, 3.8) is 0 Å². The van der Waals surface area contributed by atoms with Crippen LogP contribution in [0.3, 0.4) is 0 Å². The van der Waals surface area contributed by atoms with E-state index in [1.165, 1.54) is 32.1 Å². The van der Waals surface area contributed by atoms with Gasteiger partial charge in [0.1, 0.15) is 0 Å². The number of carbonyl (C=O) groups is 1. The second kappa shape index (κ2) is 7.10. The van der Waals surface area contributed by atoms with Crippen LogP contribution in [-0.2, 0) is 4.79 Å². The quantitative estimate of drug-likeness (QED) is 0.719. The zero-order chi connectivity index (χ0) is 12.8. The SMILES string of the molecule is O=C(CNC1CCCC1)N(CCCO)C1CCC1. The van der Waals surface area contributed by atoms with E-state index < -0.39 is 0 Å². The smallest absolute Gasteiger partial charge is 0.236 e. The van der Waals surface area contributed by atoms with Crippen LogP contribution in [0.15, 0.2) is 0 Å². The van der Waals surface area contributed by atoms with Gasteiger partial charge in [-0.05, 0) is 38.5 Å². The van der Waals surface area contributed by atoms with Gasteiger partial charge in [-0.3, -0.25) is 4.79 Å². The number of aliphatic hydroxyl groups excluding tert-OH is 1. The Balaban J connectivity index is 1.74. The Morgan fingerprint density at radius 1 is 1.17 bits per heavy atom. The largest absolute Gasteiger partial charge is 0.396 e. The summed E-state index contributed by atoms with van der Waals surface area (Å²) < 4.78 is 0. The maximum absolute atomic E-state index is 12.2. The van der Waals surface area contributed by atoms with E-state index in [1.807, 2.05) is 4.90 Å². The molecule has 0 spiro atoms. The highest BCUT2D eigenvalue weighted by Crippen LogP contribution is 2.25. The topological polar surface area (TPSA) is 52.6 Å². The predicted molar refractivity (Wildman–Crippen MR) is 71.3 cm³/mol. The Bertz CT molecular complexity index is 261. The number of nitrogens with one attached hydrogen (secondary N) is 1. The molecule has 0 heterocycles. The number of amides is 1. The molecule has 0 aliphatic heterocycles. The van der Waals surface area contributed by atoms with Gasteiger partial charge < -0.3 is 15.3 Å². The fourth-order valence-electron chi connectivity index (χ4n) is 2.91. The molecule has 1 amide bonds. The van der Waals surface area contributed by atoms with Crippen LogP contribution < -0.4 is 5.32 Å². The van der Waals surface area contributed by atoms with Crippen LogP contribution >= 0.6 is 0 Å². The van der Waals surface area contributed by atoms with Crippen LogP contribution in [-0.4, -0.2) is 47.7 Å². The zero-order valence-corrected chi connectivity index (χ0v) is 11.2. The molecule has 0 saturated heterocycles. The Morgan fingerprint density at radius 3 is 2.44 bits per heavy atom. The first-order chi connectivity index (χ1) is 8.81. The van der Waals surface area contributed by atoms with Crippen molar-refractivity contribution in [1.29, 1.82) is 0 Å². The Morgan fingerprint density at radius 2 is 1.89 bits per heavy atom. The molecule has 2 saturated carbocycles. The van der Waals surface area contributed by atoms with Crippen LogP contribution in [0, 0.1) is 0 Å². The van der Waals surface area contributed by atoms with Gasteiger partial charge >= 0.3 is 0 Å². The molecule has 104 valence electrons. The highest BCUT2D eigenvalue weighted by atomic mass is 16.3. The van der Waals surface area contributed by atoms with E-state index in [4.69, 9.17) is 5.11 Å². The number of hydrogen-bond acceptors (Lipinski definition) is 3. The summed E-state index contributed by atoms with van der Waals surface area (Å²) in [6.45, 7) is 1.37. The van der Waals surface area contributed by atoms with Crippen LogP contribution in [0.2, 0.25) is 0 Å². The Kier molecular flexibility index (Phi) is 5.45. The average Bonchev–Trinajstić information content (AvgIpc) is 2.81. The summed E-state index contributed by atoms with van der Waals surface area (Å²) >= 11 is 0. The van der Waals surface area contributed by atoms with Gasteiger partial charge in [-0.1, -0.05) is 12.8 Å². The number of hydrogen-bond donors (Lipinski definition) is 2. The fourth-order valence-corrected chi connectivity index (χ4v) is 2.91. The minimum atomic E-state index is 0.173. The third-order valence-corrected chi connectivity index (χ3v) is 4.29. The Hall–Kier alpha value is -0.610. The first-order valence-electron chi connectivity index (χ1n) is 7.45. The first kappa shape index (κ1) is 13.8. The van der Waals surface area contributed by atoms with E-state index >= 15 is 0 Å². The normalized spacial score (nSPS) is 20.9. The summed E-state index contributed by atoms with van der Waals surface area (Å²) in [5, 5.41) is 12.3. The van der Waals surface area contributed by atoms with Crippen molar-refractivity contribution in [1.82, 2.24) is 10.2 Å². The molecule has 2 N–H and O–H groups in total. The third kappa shape index (κ3) is 3.69. The standard InChI is InChI=1S/C14H26N2O2/c17-10-4-9-16(13-7-3-8-13)14(18)11-15-12-5-1-2-6-12/h12-13,15,17H,1-11H2. The summed E-state index contributed by atoms with van der Waals surface area (Å²) in [5.74, 6) is 0.222. The van der Waals surface area contributed by atoms with E-state index in [1.54, 1.807) is 0 Å². The first-order valence-corrected chi connectivity index (χ1v) is 7.45. The second-order valence-corrected chi connectivity index (χ2v) is 5.61. The van der Waals surface area contributed by atoms with E-state index in [2.05, 4.69) is 5.32 Å². The van der Waals surface area contributed by atoms with Gasteiger partial charge in [0.25, 0.3) is 0 Å². The molecule has 0 aromatic heterocycles. The highest BCUT2D eigenvalue weighted by molar-refractivity contribution is 5.78. The molecule has 0 radical (unpaired) electrons. The van der Waals surface area contributed by atoms with E-state index in [9.17, 15) is 4.79 Å². The molecule has 18 heavy (non-hydrogen) atoms. The van der Waals surface area contributed by atoms with E-state index in [0.717, 1.165) is 12.8 Å². The van der Waals surface area contributed by atoms with Gasteiger partial charge in [-0.15, -0.1) is 0 Å². The number of nitrogens with zero attached hydrogens (tertiary/aromatic N) is 1. The summed E-state index contributed by atoms with van der Waals surface area (Å²) in [7, 11) is 0. The highest BCUT2D eigenvalue weighted by Gasteiger charge is 2.28. The maximum atomic E-state index is 12.2. The lowest BCUT2D eigenvalue weighted by molar-refractivity contribution is -0.134. The second-order valence-electron chi connectivity index (χ2n) is 5.61. The average molecular weight is 254 g/mol. The molecule has 0 atom stereocenters. The van der Waals surface area contributed by atoms with Gasteiger partial charge in [0, 0.05) is 25.2 Å². The predicted octanol–water partition coefficient (Wildman–Crippen LogP) is 1.28. The van der Waals surface area contributed by atoms with E-state index in [-0.39, 0.29) is 12.5 Å². The molecule has 2 rings (SSSR count). The molecule has 0 aromatic carbocycles. The minimum Gasteiger partial charge on any atom is -0.396 e. The van der Waals surface area contributed by atoms with Crippen LogP contribution in [0.4, 0.5) is 0 Å². The van der Waals surface area contributed by atoms with Crippen molar-refractivity contribution in [2.75, 3.05) is 19.7 Å². The van der Waals surface area contributed by atoms with Crippen molar-refractivity contribution in [2.24, 2.45) is 0 Å². The molecule has 0 aromatic rings. The molecule has 2 aliphatic carbocycles. The van der Waals surface area contributed by atoms with Crippen LogP contribution in [0.25, 0.3) is 0 Å². The van der Waals surface area contributed by atoms with Crippen molar-refractivity contribution >= 4 is 5.91 Å². The van der Waals surface area contributed by atoms with Crippen molar-refractivity contribution in [3.05, 3.63) is 0 Å². The summed E-state index contributed by atoms with van der Waals surface area (Å²) in [6.07, 6.45) is 9.24.